The number of piperidine rings is 1. The Morgan fingerprint density at radius 2 is 1.96 bits per heavy atom. The van der Waals surface area contributed by atoms with Gasteiger partial charge in [0.25, 0.3) is 5.91 Å². The zero-order valence-corrected chi connectivity index (χ0v) is 17.4. The number of rotatable bonds is 4. The van der Waals surface area contributed by atoms with Crippen LogP contribution in [0, 0.1) is 5.41 Å². The molecule has 2 saturated heterocycles. The third-order valence-corrected chi connectivity index (χ3v) is 5.23. The van der Waals surface area contributed by atoms with Gasteiger partial charge in [-0.1, -0.05) is 32.4 Å². The van der Waals surface area contributed by atoms with Gasteiger partial charge in [0.2, 0.25) is 0 Å². The highest BCUT2D eigenvalue weighted by molar-refractivity contribution is 6.32. The van der Waals surface area contributed by atoms with E-state index >= 15 is 0 Å². The van der Waals surface area contributed by atoms with E-state index in [0.29, 0.717) is 34.9 Å². The average Bonchev–Trinajstić information content (AvgIpc) is 2.64. The SMILES string of the molecule is CC(C)(C)CN1CCC(Oc2ccc(C(=O)N3CCCCO3)cc2Cl)CC1. The van der Waals surface area contributed by atoms with Crippen LogP contribution in [0.4, 0.5) is 0 Å². The van der Waals surface area contributed by atoms with E-state index in [2.05, 4.69) is 25.7 Å². The molecule has 0 N–H and O–H groups in total. The zero-order chi connectivity index (χ0) is 19.4. The fourth-order valence-electron chi connectivity index (χ4n) is 3.67. The zero-order valence-electron chi connectivity index (χ0n) is 16.7. The normalized spacial score (nSPS) is 19.9. The molecule has 27 heavy (non-hydrogen) atoms. The van der Waals surface area contributed by atoms with E-state index in [4.69, 9.17) is 21.2 Å². The van der Waals surface area contributed by atoms with Gasteiger partial charge < -0.3 is 9.64 Å². The van der Waals surface area contributed by atoms with Crippen molar-refractivity contribution in [1.82, 2.24) is 9.96 Å². The van der Waals surface area contributed by atoms with Crippen LogP contribution in [-0.2, 0) is 4.84 Å². The van der Waals surface area contributed by atoms with Gasteiger partial charge in [0.05, 0.1) is 11.6 Å². The maximum Gasteiger partial charge on any atom is 0.277 e. The van der Waals surface area contributed by atoms with Crippen molar-refractivity contribution in [3.8, 4) is 5.75 Å². The van der Waals surface area contributed by atoms with Crippen molar-refractivity contribution in [3.05, 3.63) is 28.8 Å². The molecule has 5 nitrogen and oxygen atoms in total. The summed E-state index contributed by atoms with van der Waals surface area (Å²) in [6.07, 6.45) is 4.12. The summed E-state index contributed by atoms with van der Waals surface area (Å²) in [7, 11) is 0. The van der Waals surface area contributed by atoms with E-state index in [-0.39, 0.29) is 12.0 Å². The van der Waals surface area contributed by atoms with Gasteiger partial charge >= 0.3 is 0 Å². The minimum atomic E-state index is -0.140. The number of ether oxygens (including phenoxy) is 1. The molecule has 0 aliphatic carbocycles. The number of hydrogen-bond acceptors (Lipinski definition) is 4. The third-order valence-electron chi connectivity index (χ3n) is 4.93. The maximum atomic E-state index is 12.5. The summed E-state index contributed by atoms with van der Waals surface area (Å²) in [5.74, 6) is 0.515. The van der Waals surface area contributed by atoms with E-state index in [9.17, 15) is 4.79 Å². The molecule has 0 bridgehead atoms. The van der Waals surface area contributed by atoms with Gasteiger partial charge in [0.15, 0.2) is 0 Å². The number of likely N-dealkylation sites (tertiary alicyclic amines) is 1. The summed E-state index contributed by atoms with van der Waals surface area (Å²) >= 11 is 6.40. The molecule has 1 amide bonds. The van der Waals surface area contributed by atoms with Crippen molar-refractivity contribution in [3.63, 3.8) is 0 Å². The first-order valence-electron chi connectivity index (χ1n) is 9.95. The summed E-state index contributed by atoms with van der Waals surface area (Å²) in [4.78, 5) is 20.4. The number of hydrogen-bond donors (Lipinski definition) is 0. The Kier molecular flexibility index (Phi) is 6.66. The second-order valence-corrected chi connectivity index (χ2v) is 9.15. The highest BCUT2D eigenvalue weighted by atomic mass is 35.5. The highest BCUT2D eigenvalue weighted by Gasteiger charge is 2.25. The number of benzene rings is 1. The summed E-state index contributed by atoms with van der Waals surface area (Å²) in [5.41, 5.74) is 0.853. The molecular formula is C21H31ClN2O3. The summed E-state index contributed by atoms with van der Waals surface area (Å²) < 4.78 is 6.13. The lowest BCUT2D eigenvalue weighted by atomic mass is 9.94. The summed E-state index contributed by atoms with van der Waals surface area (Å²) in [5, 5.41) is 1.91. The van der Waals surface area contributed by atoms with E-state index in [0.717, 1.165) is 45.3 Å². The van der Waals surface area contributed by atoms with Crippen molar-refractivity contribution < 1.29 is 14.4 Å². The van der Waals surface area contributed by atoms with Crippen LogP contribution in [0.5, 0.6) is 5.75 Å². The molecule has 2 fully saturated rings. The van der Waals surface area contributed by atoms with Gasteiger partial charge in [0.1, 0.15) is 11.9 Å². The van der Waals surface area contributed by atoms with Gasteiger partial charge in [-0.3, -0.25) is 9.63 Å². The molecule has 0 saturated carbocycles. The Morgan fingerprint density at radius 3 is 2.56 bits per heavy atom. The molecule has 0 aromatic heterocycles. The van der Waals surface area contributed by atoms with Crippen molar-refractivity contribution in [1.29, 1.82) is 0 Å². The van der Waals surface area contributed by atoms with Gasteiger partial charge in [-0.05, 0) is 49.3 Å². The molecule has 3 rings (SSSR count). The number of carbonyl (C=O) groups is 1. The molecule has 2 aliphatic rings. The number of carbonyl (C=O) groups excluding carboxylic acids is 1. The van der Waals surface area contributed by atoms with Gasteiger partial charge in [-0.25, -0.2) is 5.06 Å². The van der Waals surface area contributed by atoms with Crippen molar-refractivity contribution in [2.45, 2.75) is 52.6 Å². The number of halogens is 1. The first-order valence-corrected chi connectivity index (χ1v) is 10.3. The lowest BCUT2D eigenvalue weighted by molar-refractivity contribution is -0.144. The second-order valence-electron chi connectivity index (χ2n) is 8.75. The molecular weight excluding hydrogens is 364 g/mol. The molecule has 2 heterocycles. The number of nitrogens with zero attached hydrogens (tertiary/aromatic N) is 2. The number of amides is 1. The first kappa shape index (κ1) is 20.4. The Morgan fingerprint density at radius 1 is 1.22 bits per heavy atom. The van der Waals surface area contributed by atoms with Crippen LogP contribution in [-0.4, -0.2) is 54.8 Å². The summed E-state index contributed by atoms with van der Waals surface area (Å²) in [6, 6.07) is 5.27. The van der Waals surface area contributed by atoms with Gasteiger partial charge in [0, 0.05) is 31.7 Å². The Labute approximate surface area is 167 Å². The summed E-state index contributed by atoms with van der Waals surface area (Å²) in [6.45, 7) is 11.2. The van der Waals surface area contributed by atoms with E-state index in [1.54, 1.807) is 18.2 Å². The van der Waals surface area contributed by atoms with Crippen molar-refractivity contribution in [2.24, 2.45) is 5.41 Å². The molecule has 0 spiro atoms. The monoisotopic (exact) mass is 394 g/mol. The predicted octanol–water partition coefficient (Wildman–Crippen LogP) is 4.40. The topological polar surface area (TPSA) is 42.0 Å². The maximum absolute atomic E-state index is 12.5. The van der Waals surface area contributed by atoms with Crippen molar-refractivity contribution >= 4 is 17.5 Å². The lowest BCUT2D eigenvalue weighted by Crippen LogP contribution is -2.42. The molecule has 1 aromatic carbocycles. The fraction of sp³-hybridized carbons (Fsp3) is 0.667. The van der Waals surface area contributed by atoms with Gasteiger partial charge in [-0.2, -0.15) is 0 Å². The van der Waals surface area contributed by atoms with Crippen LogP contribution >= 0.6 is 11.6 Å². The third kappa shape index (κ3) is 5.84. The molecule has 150 valence electrons. The highest BCUT2D eigenvalue weighted by Crippen LogP contribution is 2.29. The standard InChI is InChI=1S/C21H31ClN2O3/c1-21(2,3)15-23-11-8-17(9-12-23)27-19-7-6-16(14-18(19)22)20(25)24-10-4-5-13-26-24/h6-7,14,17H,4-5,8-13,15H2,1-3H3. The molecule has 0 unspecified atom stereocenters. The van der Waals surface area contributed by atoms with Crippen LogP contribution in [0.1, 0.15) is 56.8 Å². The van der Waals surface area contributed by atoms with Crippen LogP contribution in [0.2, 0.25) is 5.02 Å². The van der Waals surface area contributed by atoms with E-state index < -0.39 is 0 Å². The van der Waals surface area contributed by atoms with Crippen molar-refractivity contribution in [2.75, 3.05) is 32.8 Å². The Balaban J connectivity index is 1.55. The smallest absolute Gasteiger partial charge is 0.277 e. The molecule has 0 radical (unpaired) electrons. The molecule has 1 aromatic rings. The first-order chi connectivity index (χ1) is 12.8. The Hall–Kier alpha value is -1.30. The number of hydroxylamine groups is 2. The van der Waals surface area contributed by atoms with Crippen LogP contribution in [0.3, 0.4) is 0 Å². The van der Waals surface area contributed by atoms with Crippen LogP contribution in [0.25, 0.3) is 0 Å². The lowest BCUT2D eigenvalue weighted by Gasteiger charge is -2.36. The van der Waals surface area contributed by atoms with Crippen LogP contribution < -0.4 is 4.74 Å². The van der Waals surface area contributed by atoms with E-state index in [1.807, 2.05) is 0 Å². The molecule has 2 aliphatic heterocycles. The van der Waals surface area contributed by atoms with Crippen LogP contribution in [0.15, 0.2) is 18.2 Å². The van der Waals surface area contributed by atoms with Gasteiger partial charge in [-0.15, -0.1) is 0 Å². The Bertz CT molecular complexity index is 645. The minimum absolute atomic E-state index is 0.140. The average molecular weight is 395 g/mol. The molecule has 0 atom stereocenters. The fourth-order valence-corrected chi connectivity index (χ4v) is 3.89. The predicted molar refractivity (Wildman–Crippen MR) is 107 cm³/mol. The van der Waals surface area contributed by atoms with E-state index in [1.165, 1.54) is 5.06 Å². The quantitative estimate of drug-likeness (QED) is 0.759. The second kappa shape index (κ2) is 8.80. The largest absolute Gasteiger partial charge is 0.489 e. The minimum Gasteiger partial charge on any atom is -0.489 e. The molecule has 6 heteroatoms.